The van der Waals surface area contributed by atoms with Crippen molar-refractivity contribution >= 4 is 6.09 Å². The monoisotopic (exact) mass is 281 g/mol. The fourth-order valence-electron chi connectivity index (χ4n) is 2.33. The van der Waals surface area contributed by atoms with E-state index in [4.69, 9.17) is 4.74 Å². The van der Waals surface area contributed by atoms with Gasteiger partial charge in [-0.3, -0.25) is 0 Å². The second-order valence-electron chi connectivity index (χ2n) is 6.11. The number of nitrogens with zero attached hydrogens (tertiary/aromatic N) is 1. The van der Waals surface area contributed by atoms with Crippen LogP contribution in [0.15, 0.2) is 24.3 Å². The highest BCUT2D eigenvalue weighted by molar-refractivity contribution is 5.68. The molecule has 1 N–H and O–H groups in total. The average molecular weight is 281 g/mol. The van der Waals surface area contributed by atoms with Gasteiger partial charge in [0, 0.05) is 12.5 Å². The van der Waals surface area contributed by atoms with Crippen LogP contribution in [0.3, 0.4) is 0 Å². The van der Waals surface area contributed by atoms with Gasteiger partial charge in [0.15, 0.2) is 0 Å². The van der Waals surface area contributed by atoms with Crippen molar-refractivity contribution in [3.8, 4) is 0 Å². The molecule has 1 heterocycles. The van der Waals surface area contributed by atoms with Crippen molar-refractivity contribution in [2.75, 3.05) is 13.1 Å². The lowest BCUT2D eigenvalue weighted by Crippen LogP contribution is -2.35. The number of aliphatic hydroxyl groups excluding tert-OH is 1. The Morgan fingerprint density at radius 1 is 1.40 bits per heavy atom. The third kappa shape index (κ3) is 3.48. The molecule has 0 bridgehead atoms. The van der Waals surface area contributed by atoms with Crippen LogP contribution < -0.4 is 0 Å². The summed E-state index contributed by atoms with van der Waals surface area (Å²) in [6, 6.07) is 6.12. The van der Waals surface area contributed by atoms with Crippen molar-refractivity contribution < 1.29 is 19.0 Å². The lowest BCUT2D eigenvalue weighted by molar-refractivity contribution is 0.0270. The number of carbonyl (C=O) groups is 1. The summed E-state index contributed by atoms with van der Waals surface area (Å²) in [4.78, 5) is 13.4. The zero-order chi connectivity index (χ0) is 14.9. The van der Waals surface area contributed by atoms with Gasteiger partial charge in [-0.25, -0.2) is 9.18 Å². The molecule has 1 saturated heterocycles. The van der Waals surface area contributed by atoms with E-state index in [9.17, 15) is 14.3 Å². The Labute approximate surface area is 118 Å². The predicted molar refractivity (Wildman–Crippen MR) is 73.0 cm³/mol. The molecule has 1 fully saturated rings. The van der Waals surface area contributed by atoms with Crippen LogP contribution in [-0.2, 0) is 4.74 Å². The number of likely N-dealkylation sites (tertiary alicyclic amines) is 1. The van der Waals surface area contributed by atoms with E-state index in [0.717, 1.165) is 0 Å². The fourth-order valence-corrected chi connectivity index (χ4v) is 2.33. The Hall–Kier alpha value is -1.62. The Balaban J connectivity index is 2.07. The minimum Gasteiger partial charge on any atom is -0.444 e. The van der Waals surface area contributed by atoms with Gasteiger partial charge in [-0.05, 0) is 38.5 Å². The standard InChI is InChI=1S/C15H20FNO3/c1-15(2,3)20-14(19)17-8-12(13(18)9-17)10-5-4-6-11(16)7-10/h4-7,12-13,18H,8-9H2,1-3H3/t12-,13+/m0/s1. The highest BCUT2D eigenvalue weighted by atomic mass is 19.1. The Bertz CT molecular complexity index is 498. The molecule has 1 aliphatic rings. The smallest absolute Gasteiger partial charge is 0.410 e. The maximum absolute atomic E-state index is 13.2. The van der Waals surface area contributed by atoms with Crippen molar-refractivity contribution in [3.63, 3.8) is 0 Å². The minimum atomic E-state index is -0.704. The summed E-state index contributed by atoms with van der Waals surface area (Å²) in [6.45, 7) is 5.92. The number of hydrogen-bond acceptors (Lipinski definition) is 3. The zero-order valence-corrected chi connectivity index (χ0v) is 12.0. The van der Waals surface area contributed by atoms with E-state index in [0.29, 0.717) is 12.1 Å². The Kier molecular flexibility index (Phi) is 3.99. The lowest BCUT2D eigenvalue weighted by Gasteiger charge is -2.24. The molecule has 2 atom stereocenters. The fraction of sp³-hybridized carbons (Fsp3) is 0.533. The molecule has 0 unspecified atom stereocenters. The number of halogens is 1. The Morgan fingerprint density at radius 2 is 2.10 bits per heavy atom. The number of β-amino-alcohol motifs (C(OH)–C–C–N with tert-alkyl or cyclic N) is 1. The van der Waals surface area contributed by atoms with E-state index in [2.05, 4.69) is 0 Å². The van der Waals surface area contributed by atoms with E-state index in [1.165, 1.54) is 17.0 Å². The van der Waals surface area contributed by atoms with Crippen LogP contribution in [-0.4, -0.2) is 40.9 Å². The molecule has 4 nitrogen and oxygen atoms in total. The number of ether oxygens (including phenoxy) is 1. The van der Waals surface area contributed by atoms with Crippen LogP contribution in [0.25, 0.3) is 0 Å². The van der Waals surface area contributed by atoms with Crippen LogP contribution in [0.4, 0.5) is 9.18 Å². The molecule has 0 saturated carbocycles. The van der Waals surface area contributed by atoms with Crippen molar-refractivity contribution in [2.45, 2.75) is 38.4 Å². The zero-order valence-electron chi connectivity index (χ0n) is 12.0. The van der Waals surface area contributed by atoms with Gasteiger partial charge in [-0.2, -0.15) is 0 Å². The first-order valence-corrected chi connectivity index (χ1v) is 6.68. The van der Waals surface area contributed by atoms with Crippen LogP contribution in [0, 0.1) is 5.82 Å². The quantitative estimate of drug-likeness (QED) is 0.860. The third-order valence-electron chi connectivity index (χ3n) is 3.22. The summed E-state index contributed by atoms with van der Waals surface area (Å²) in [5, 5.41) is 10.1. The highest BCUT2D eigenvalue weighted by Gasteiger charge is 2.36. The van der Waals surface area contributed by atoms with Crippen LogP contribution in [0.5, 0.6) is 0 Å². The maximum atomic E-state index is 13.2. The van der Waals surface area contributed by atoms with Gasteiger partial charge in [-0.15, -0.1) is 0 Å². The molecule has 1 aromatic carbocycles. The maximum Gasteiger partial charge on any atom is 0.410 e. The number of rotatable bonds is 1. The van der Waals surface area contributed by atoms with E-state index in [1.54, 1.807) is 32.9 Å². The minimum absolute atomic E-state index is 0.204. The van der Waals surface area contributed by atoms with Crippen LogP contribution >= 0.6 is 0 Å². The summed E-state index contributed by atoms with van der Waals surface area (Å²) in [5.74, 6) is -0.622. The second-order valence-corrected chi connectivity index (χ2v) is 6.11. The van der Waals surface area contributed by atoms with Crippen LogP contribution in [0.2, 0.25) is 0 Å². The van der Waals surface area contributed by atoms with Gasteiger partial charge in [0.2, 0.25) is 0 Å². The number of benzene rings is 1. The molecule has 1 amide bonds. The average Bonchev–Trinajstić information content (AvgIpc) is 2.69. The summed E-state index contributed by atoms with van der Waals surface area (Å²) in [7, 11) is 0. The molecule has 0 aliphatic carbocycles. The predicted octanol–water partition coefficient (Wildman–Crippen LogP) is 2.52. The number of amides is 1. The topological polar surface area (TPSA) is 49.8 Å². The molecule has 1 aromatic rings. The largest absolute Gasteiger partial charge is 0.444 e. The second kappa shape index (κ2) is 5.40. The Morgan fingerprint density at radius 3 is 2.70 bits per heavy atom. The molecule has 20 heavy (non-hydrogen) atoms. The van der Waals surface area contributed by atoms with E-state index >= 15 is 0 Å². The molecule has 0 radical (unpaired) electrons. The molecular weight excluding hydrogens is 261 g/mol. The van der Waals surface area contributed by atoms with Crippen molar-refractivity contribution in [3.05, 3.63) is 35.6 Å². The van der Waals surface area contributed by atoms with Gasteiger partial charge in [0.25, 0.3) is 0 Å². The molecule has 0 aromatic heterocycles. The molecule has 5 heteroatoms. The van der Waals surface area contributed by atoms with Crippen LogP contribution in [0.1, 0.15) is 32.3 Å². The SMILES string of the molecule is CC(C)(C)OC(=O)N1C[C@@H](O)[C@H](c2cccc(F)c2)C1. The van der Waals surface area contributed by atoms with Gasteiger partial charge in [0.1, 0.15) is 11.4 Å². The molecule has 1 aliphatic heterocycles. The normalized spacial score (nSPS) is 22.9. The highest BCUT2D eigenvalue weighted by Crippen LogP contribution is 2.29. The van der Waals surface area contributed by atoms with Crippen molar-refractivity contribution in [2.24, 2.45) is 0 Å². The van der Waals surface area contributed by atoms with Gasteiger partial charge in [-0.1, -0.05) is 12.1 Å². The van der Waals surface area contributed by atoms with E-state index in [1.807, 2.05) is 0 Å². The molecular formula is C15H20FNO3. The molecule has 0 spiro atoms. The van der Waals surface area contributed by atoms with Gasteiger partial charge in [0.05, 0.1) is 12.6 Å². The molecule has 110 valence electrons. The number of aliphatic hydroxyl groups is 1. The first-order valence-electron chi connectivity index (χ1n) is 6.68. The first kappa shape index (κ1) is 14.8. The third-order valence-corrected chi connectivity index (χ3v) is 3.22. The summed E-state index contributed by atoms with van der Waals surface area (Å²) < 4.78 is 18.5. The van der Waals surface area contributed by atoms with E-state index < -0.39 is 17.8 Å². The summed E-state index contributed by atoms with van der Waals surface area (Å²) in [5.41, 5.74) is 0.127. The number of hydrogen-bond donors (Lipinski definition) is 1. The molecule has 2 rings (SSSR count). The number of carbonyl (C=O) groups excluding carboxylic acids is 1. The summed E-state index contributed by atoms with van der Waals surface area (Å²) >= 11 is 0. The first-order chi connectivity index (χ1) is 9.26. The van der Waals surface area contributed by atoms with Crippen molar-refractivity contribution in [1.29, 1.82) is 0 Å². The van der Waals surface area contributed by atoms with Gasteiger partial charge < -0.3 is 14.7 Å². The van der Waals surface area contributed by atoms with E-state index in [-0.39, 0.29) is 18.3 Å². The summed E-state index contributed by atoms with van der Waals surface area (Å²) in [6.07, 6.45) is -1.15. The lowest BCUT2D eigenvalue weighted by atomic mass is 9.96. The van der Waals surface area contributed by atoms with Crippen molar-refractivity contribution in [1.82, 2.24) is 4.90 Å². The van der Waals surface area contributed by atoms with Gasteiger partial charge >= 0.3 is 6.09 Å².